The van der Waals surface area contributed by atoms with Crippen LogP contribution in [0.1, 0.15) is 22.5 Å². The molecule has 1 N–H and O–H groups in total. The Kier molecular flexibility index (Phi) is 5.68. The van der Waals surface area contributed by atoms with Gasteiger partial charge >= 0.3 is 0 Å². The van der Waals surface area contributed by atoms with Crippen LogP contribution in [-0.2, 0) is 16.1 Å². The molecule has 0 unspecified atom stereocenters. The molecule has 6 nitrogen and oxygen atoms in total. The van der Waals surface area contributed by atoms with E-state index in [1.165, 1.54) is 17.1 Å². The molecule has 23 heavy (non-hydrogen) atoms. The number of likely N-dealkylation sites (N-methyl/N-ethyl adjacent to an activating group) is 1. The van der Waals surface area contributed by atoms with Crippen LogP contribution in [0.2, 0.25) is 0 Å². The van der Waals surface area contributed by atoms with Crippen LogP contribution in [-0.4, -0.2) is 36.0 Å². The third kappa shape index (κ3) is 4.49. The molecule has 0 fully saturated rings. The van der Waals surface area contributed by atoms with Gasteiger partial charge in [-0.3, -0.25) is 4.79 Å². The van der Waals surface area contributed by atoms with Crippen molar-refractivity contribution in [2.24, 2.45) is 0 Å². The molecule has 0 aliphatic carbocycles. The van der Waals surface area contributed by atoms with E-state index in [4.69, 9.17) is 4.74 Å². The van der Waals surface area contributed by atoms with E-state index in [2.05, 4.69) is 26.8 Å². The number of amides is 1. The molecule has 1 aromatic carbocycles. The first-order chi connectivity index (χ1) is 10.9. The molecule has 2 rings (SSSR count). The molecule has 0 aliphatic heterocycles. The van der Waals surface area contributed by atoms with Gasteiger partial charge in [-0.15, -0.1) is 0 Å². The number of hydrogen-bond donors (Lipinski definition) is 1. The Bertz CT molecular complexity index is 676. The zero-order valence-corrected chi connectivity index (χ0v) is 15.0. The smallest absolute Gasteiger partial charge is 0.243 e. The highest BCUT2D eigenvalue weighted by atomic mass is 32.1. The van der Waals surface area contributed by atoms with Gasteiger partial charge in [0.15, 0.2) is 5.82 Å². The number of anilines is 2. The van der Waals surface area contributed by atoms with Crippen LogP contribution in [0.5, 0.6) is 0 Å². The van der Waals surface area contributed by atoms with Gasteiger partial charge in [0.25, 0.3) is 0 Å². The lowest BCUT2D eigenvalue weighted by molar-refractivity contribution is -0.114. The largest absolute Gasteiger partial charge is 0.377 e. The fourth-order valence-electron chi connectivity index (χ4n) is 2.43. The first-order valence-electron chi connectivity index (χ1n) is 7.31. The molecule has 2 aromatic rings. The first-order valence-corrected chi connectivity index (χ1v) is 8.08. The lowest BCUT2D eigenvalue weighted by Crippen LogP contribution is -2.30. The number of rotatable bonds is 6. The van der Waals surface area contributed by atoms with Crippen molar-refractivity contribution in [1.29, 1.82) is 0 Å². The van der Waals surface area contributed by atoms with Gasteiger partial charge in [-0.2, -0.15) is 4.37 Å². The third-order valence-corrected chi connectivity index (χ3v) is 4.25. The average Bonchev–Trinajstić information content (AvgIpc) is 2.92. The zero-order valence-electron chi connectivity index (χ0n) is 14.1. The molecule has 1 heterocycles. The highest BCUT2D eigenvalue weighted by Gasteiger charge is 2.14. The van der Waals surface area contributed by atoms with Crippen molar-refractivity contribution in [2.75, 3.05) is 30.9 Å². The second-order valence-electron chi connectivity index (χ2n) is 5.60. The van der Waals surface area contributed by atoms with Crippen LogP contribution in [0, 0.1) is 20.8 Å². The highest BCUT2D eigenvalue weighted by molar-refractivity contribution is 7.09. The Balaban J connectivity index is 2.01. The Morgan fingerprint density at radius 3 is 2.57 bits per heavy atom. The summed E-state index contributed by atoms with van der Waals surface area (Å²) in [7, 11) is 3.43. The summed E-state index contributed by atoms with van der Waals surface area (Å²) in [6.45, 7) is 6.64. The van der Waals surface area contributed by atoms with E-state index in [9.17, 15) is 4.79 Å². The maximum absolute atomic E-state index is 12.3. The summed E-state index contributed by atoms with van der Waals surface area (Å²) in [5.74, 6) is 0.552. The molecule has 7 heteroatoms. The molecular weight excluding hydrogens is 312 g/mol. The summed E-state index contributed by atoms with van der Waals surface area (Å²) in [6, 6.07) is 4.13. The van der Waals surface area contributed by atoms with Gasteiger partial charge in [-0.1, -0.05) is 17.7 Å². The minimum absolute atomic E-state index is 0.0777. The van der Waals surface area contributed by atoms with E-state index < -0.39 is 0 Å². The van der Waals surface area contributed by atoms with Crippen LogP contribution < -0.4 is 10.2 Å². The number of aromatic nitrogens is 2. The number of benzene rings is 1. The minimum Gasteiger partial charge on any atom is -0.377 e. The van der Waals surface area contributed by atoms with Crippen molar-refractivity contribution in [1.82, 2.24) is 9.36 Å². The fraction of sp³-hybridized carbons (Fsp3) is 0.438. The van der Waals surface area contributed by atoms with Gasteiger partial charge in [-0.05, 0) is 31.9 Å². The molecule has 0 spiro atoms. The topological polar surface area (TPSA) is 67.3 Å². The normalized spacial score (nSPS) is 10.7. The van der Waals surface area contributed by atoms with Gasteiger partial charge in [0.2, 0.25) is 11.0 Å². The van der Waals surface area contributed by atoms with E-state index in [0.29, 0.717) is 17.6 Å². The van der Waals surface area contributed by atoms with Crippen LogP contribution in [0.4, 0.5) is 10.8 Å². The van der Waals surface area contributed by atoms with Gasteiger partial charge < -0.3 is 15.0 Å². The first kappa shape index (κ1) is 17.4. The molecule has 1 aromatic heterocycles. The molecule has 0 radical (unpaired) electrons. The second-order valence-corrected chi connectivity index (χ2v) is 6.33. The Morgan fingerprint density at radius 2 is 1.96 bits per heavy atom. The van der Waals surface area contributed by atoms with Crippen molar-refractivity contribution >= 4 is 28.3 Å². The Hall–Kier alpha value is -1.99. The van der Waals surface area contributed by atoms with Gasteiger partial charge in [0.1, 0.15) is 6.61 Å². The van der Waals surface area contributed by atoms with Crippen LogP contribution in [0.25, 0.3) is 0 Å². The van der Waals surface area contributed by atoms with E-state index in [1.807, 2.05) is 27.8 Å². The maximum Gasteiger partial charge on any atom is 0.243 e. The van der Waals surface area contributed by atoms with Crippen molar-refractivity contribution < 1.29 is 9.53 Å². The monoisotopic (exact) mass is 334 g/mol. The molecular formula is C16H22N4O2S. The Morgan fingerprint density at radius 1 is 1.30 bits per heavy atom. The van der Waals surface area contributed by atoms with Gasteiger partial charge in [0.05, 0.1) is 6.54 Å². The number of hydrogen-bond acceptors (Lipinski definition) is 6. The molecule has 1 amide bonds. The van der Waals surface area contributed by atoms with E-state index in [-0.39, 0.29) is 12.5 Å². The molecule has 124 valence electrons. The number of nitrogens with one attached hydrogen (secondary N) is 1. The summed E-state index contributed by atoms with van der Waals surface area (Å²) < 4.78 is 9.19. The molecule has 0 atom stereocenters. The number of nitrogens with zero attached hydrogens (tertiary/aromatic N) is 3. The number of methoxy groups -OCH3 is 1. The number of ether oxygens (including phenoxy) is 1. The highest BCUT2D eigenvalue weighted by Crippen LogP contribution is 2.22. The van der Waals surface area contributed by atoms with E-state index in [0.717, 1.165) is 16.8 Å². The average molecular weight is 334 g/mol. The summed E-state index contributed by atoms with van der Waals surface area (Å²) in [4.78, 5) is 18.4. The second kappa shape index (κ2) is 7.52. The van der Waals surface area contributed by atoms with E-state index in [1.54, 1.807) is 12.0 Å². The minimum atomic E-state index is -0.0777. The predicted octanol–water partition coefficient (Wildman–Crippen LogP) is 2.68. The van der Waals surface area contributed by atoms with Crippen molar-refractivity contribution in [3.8, 4) is 0 Å². The summed E-state index contributed by atoms with van der Waals surface area (Å²) >= 11 is 1.26. The molecule has 0 aliphatic rings. The lowest BCUT2D eigenvalue weighted by atomic mass is 10.1. The Labute approximate surface area is 140 Å². The lowest BCUT2D eigenvalue weighted by Gasteiger charge is -2.17. The summed E-state index contributed by atoms with van der Waals surface area (Å²) in [6.07, 6.45) is 0. The molecule has 0 bridgehead atoms. The van der Waals surface area contributed by atoms with E-state index >= 15 is 0 Å². The SMILES string of the molecule is COCc1nsc(N(C)CC(=O)Nc2c(C)cc(C)cc2C)n1. The van der Waals surface area contributed by atoms with Crippen LogP contribution >= 0.6 is 11.5 Å². The van der Waals surface area contributed by atoms with Crippen molar-refractivity contribution in [2.45, 2.75) is 27.4 Å². The fourth-order valence-corrected chi connectivity index (χ4v) is 3.06. The summed E-state index contributed by atoms with van der Waals surface area (Å²) in [5, 5.41) is 3.69. The zero-order chi connectivity index (χ0) is 17.0. The van der Waals surface area contributed by atoms with Gasteiger partial charge in [-0.25, -0.2) is 4.98 Å². The van der Waals surface area contributed by atoms with Gasteiger partial charge in [0, 0.05) is 31.4 Å². The third-order valence-electron chi connectivity index (χ3n) is 3.38. The molecule has 0 saturated heterocycles. The number of carbonyl (C=O) groups is 1. The maximum atomic E-state index is 12.3. The van der Waals surface area contributed by atoms with Crippen LogP contribution in [0.3, 0.4) is 0 Å². The van der Waals surface area contributed by atoms with Crippen molar-refractivity contribution in [3.05, 3.63) is 34.6 Å². The summed E-state index contributed by atoms with van der Waals surface area (Å²) in [5.41, 5.74) is 4.20. The number of carbonyl (C=O) groups excluding carboxylic acids is 1. The number of aryl methyl sites for hydroxylation is 3. The molecule has 0 saturated carbocycles. The van der Waals surface area contributed by atoms with Crippen molar-refractivity contribution in [3.63, 3.8) is 0 Å². The van der Waals surface area contributed by atoms with Crippen LogP contribution in [0.15, 0.2) is 12.1 Å². The standard InChI is InChI=1S/C16H22N4O2S/c1-10-6-11(2)15(12(3)7-10)18-14(21)8-20(4)16-17-13(9-22-5)19-23-16/h6-7H,8-9H2,1-5H3,(H,18,21). The quantitative estimate of drug-likeness (QED) is 0.880. The predicted molar refractivity (Wildman–Crippen MR) is 93.2 cm³/mol.